The van der Waals surface area contributed by atoms with Gasteiger partial charge in [0, 0.05) is 30.4 Å². The summed E-state index contributed by atoms with van der Waals surface area (Å²) >= 11 is 3.53. The van der Waals surface area contributed by atoms with Gasteiger partial charge in [0.1, 0.15) is 0 Å². The highest BCUT2D eigenvalue weighted by molar-refractivity contribution is 9.10. The third-order valence-corrected chi connectivity index (χ3v) is 4.11. The maximum atomic E-state index is 5.82. The first kappa shape index (κ1) is 14.8. The minimum absolute atomic E-state index is 0.369. The quantitative estimate of drug-likeness (QED) is 0.904. The summed E-state index contributed by atoms with van der Waals surface area (Å²) in [6, 6.07) is 6.42. The summed E-state index contributed by atoms with van der Waals surface area (Å²) in [6.45, 7) is 2.55. The van der Waals surface area contributed by atoms with Gasteiger partial charge in [-0.2, -0.15) is 0 Å². The Bertz CT molecular complexity index is 405. The van der Waals surface area contributed by atoms with Crippen LogP contribution in [0.3, 0.4) is 0 Å². The SMILES string of the molecule is CN(CC1CCCCO1)c1ccc(Br)cc1CCN. The number of halogens is 1. The van der Waals surface area contributed by atoms with Crippen LogP contribution < -0.4 is 10.6 Å². The molecule has 0 bridgehead atoms. The second-order valence-electron chi connectivity index (χ2n) is 5.18. The molecule has 19 heavy (non-hydrogen) atoms. The minimum atomic E-state index is 0.369. The molecule has 0 spiro atoms. The zero-order valence-electron chi connectivity index (χ0n) is 11.6. The van der Waals surface area contributed by atoms with Crippen molar-refractivity contribution < 1.29 is 4.74 Å². The Morgan fingerprint density at radius 3 is 2.95 bits per heavy atom. The molecule has 4 heteroatoms. The van der Waals surface area contributed by atoms with E-state index in [0.717, 1.165) is 24.0 Å². The van der Waals surface area contributed by atoms with Crippen molar-refractivity contribution in [1.82, 2.24) is 0 Å². The molecule has 0 radical (unpaired) electrons. The molecule has 1 fully saturated rings. The molecule has 1 aromatic carbocycles. The first-order valence-electron chi connectivity index (χ1n) is 7.02. The molecule has 1 aromatic rings. The van der Waals surface area contributed by atoms with Crippen LogP contribution in [0.15, 0.2) is 22.7 Å². The second kappa shape index (κ2) is 7.27. The lowest BCUT2D eigenvalue weighted by atomic mass is 10.1. The number of ether oxygens (including phenoxy) is 1. The molecule has 0 aliphatic carbocycles. The van der Waals surface area contributed by atoms with Crippen LogP contribution >= 0.6 is 15.9 Å². The number of rotatable bonds is 5. The zero-order valence-corrected chi connectivity index (χ0v) is 13.2. The normalized spacial score (nSPS) is 19.4. The highest BCUT2D eigenvalue weighted by Gasteiger charge is 2.17. The third-order valence-electron chi connectivity index (χ3n) is 3.62. The van der Waals surface area contributed by atoms with Crippen LogP contribution in [0, 0.1) is 0 Å². The lowest BCUT2D eigenvalue weighted by molar-refractivity contribution is 0.0216. The standard InChI is InChI=1S/C15H23BrN2O/c1-18(11-14-4-2-3-9-19-14)15-6-5-13(16)10-12(15)7-8-17/h5-6,10,14H,2-4,7-9,11,17H2,1H3. The van der Waals surface area contributed by atoms with E-state index in [-0.39, 0.29) is 0 Å². The van der Waals surface area contributed by atoms with E-state index in [0.29, 0.717) is 12.6 Å². The molecule has 3 nitrogen and oxygen atoms in total. The molecule has 2 N–H and O–H groups in total. The molecule has 1 aliphatic heterocycles. The van der Waals surface area contributed by atoms with Gasteiger partial charge in [-0.15, -0.1) is 0 Å². The van der Waals surface area contributed by atoms with Crippen molar-refractivity contribution in [2.24, 2.45) is 5.73 Å². The zero-order chi connectivity index (χ0) is 13.7. The fraction of sp³-hybridized carbons (Fsp3) is 0.600. The molecule has 1 heterocycles. The summed E-state index contributed by atoms with van der Waals surface area (Å²) in [5.41, 5.74) is 8.27. The van der Waals surface area contributed by atoms with E-state index in [9.17, 15) is 0 Å². The van der Waals surface area contributed by atoms with Crippen molar-refractivity contribution in [2.45, 2.75) is 31.8 Å². The van der Waals surface area contributed by atoms with Gasteiger partial charge in [-0.3, -0.25) is 0 Å². The summed E-state index contributed by atoms with van der Waals surface area (Å²) < 4.78 is 6.93. The van der Waals surface area contributed by atoms with Crippen LogP contribution in [0.4, 0.5) is 5.69 Å². The van der Waals surface area contributed by atoms with Crippen LogP contribution in [0.25, 0.3) is 0 Å². The Morgan fingerprint density at radius 2 is 2.26 bits per heavy atom. The number of anilines is 1. The Balaban J connectivity index is 2.06. The average molecular weight is 327 g/mol. The summed E-state index contributed by atoms with van der Waals surface area (Å²) in [5, 5.41) is 0. The van der Waals surface area contributed by atoms with Crippen molar-refractivity contribution >= 4 is 21.6 Å². The molecule has 2 rings (SSSR count). The number of nitrogens with two attached hydrogens (primary N) is 1. The van der Waals surface area contributed by atoms with E-state index in [1.54, 1.807) is 0 Å². The summed E-state index contributed by atoms with van der Waals surface area (Å²) in [5.74, 6) is 0. The van der Waals surface area contributed by atoms with E-state index >= 15 is 0 Å². The number of nitrogens with zero attached hydrogens (tertiary/aromatic N) is 1. The van der Waals surface area contributed by atoms with Gasteiger partial charge >= 0.3 is 0 Å². The van der Waals surface area contributed by atoms with Crippen LogP contribution in [0.5, 0.6) is 0 Å². The molecule has 1 atom stereocenters. The van der Waals surface area contributed by atoms with E-state index < -0.39 is 0 Å². The third kappa shape index (κ3) is 4.20. The number of likely N-dealkylation sites (N-methyl/N-ethyl adjacent to an activating group) is 1. The minimum Gasteiger partial charge on any atom is -0.376 e. The van der Waals surface area contributed by atoms with Crippen molar-refractivity contribution in [1.29, 1.82) is 0 Å². The summed E-state index contributed by atoms with van der Waals surface area (Å²) in [6.07, 6.45) is 4.94. The second-order valence-corrected chi connectivity index (χ2v) is 6.10. The van der Waals surface area contributed by atoms with Crippen LogP contribution in [-0.2, 0) is 11.2 Å². The Labute approximate surface area is 124 Å². The maximum Gasteiger partial charge on any atom is 0.0749 e. The summed E-state index contributed by atoms with van der Waals surface area (Å²) in [4.78, 5) is 2.30. The largest absolute Gasteiger partial charge is 0.376 e. The maximum absolute atomic E-state index is 5.82. The van der Waals surface area contributed by atoms with Gasteiger partial charge in [-0.05, 0) is 56.0 Å². The van der Waals surface area contributed by atoms with Crippen LogP contribution in [-0.4, -0.2) is 32.8 Å². The molecule has 1 saturated heterocycles. The molecule has 0 aromatic heterocycles. The molecular weight excluding hydrogens is 304 g/mol. The number of hydrogen-bond acceptors (Lipinski definition) is 3. The van der Waals surface area contributed by atoms with E-state index in [1.807, 2.05) is 0 Å². The highest BCUT2D eigenvalue weighted by atomic mass is 79.9. The van der Waals surface area contributed by atoms with E-state index in [2.05, 4.69) is 46.1 Å². The van der Waals surface area contributed by atoms with Gasteiger partial charge in [0.25, 0.3) is 0 Å². The highest BCUT2D eigenvalue weighted by Crippen LogP contribution is 2.25. The topological polar surface area (TPSA) is 38.5 Å². The molecule has 1 unspecified atom stereocenters. The van der Waals surface area contributed by atoms with Crippen molar-refractivity contribution in [2.75, 3.05) is 31.6 Å². The van der Waals surface area contributed by atoms with Gasteiger partial charge in [-0.25, -0.2) is 0 Å². The fourth-order valence-corrected chi connectivity index (χ4v) is 3.05. The lowest BCUT2D eigenvalue weighted by Gasteiger charge is -2.30. The molecule has 0 saturated carbocycles. The molecular formula is C15H23BrN2O. The molecule has 106 valence electrons. The lowest BCUT2D eigenvalue weighted by Crippen LogP contribution is -2.33. The monoisotopic (exact) mass is 326 g/mol. The average Bonchev–Trinajstić information content (AvgIpc) is 2.40. The van der Waals surface area contributed by atoms with Gasteiger partial charge in [0.15, 0.2) is 0 Å². The predicted octanol–water partition coefficient (Wildman–Crippen LogP) is 2.96. The smallest absolute Gasteiger partial charge is 0.0749 e. The van der Waals surface area contributed by atoms with E-state index in [4.69, 9.17) is 10.5 Å². The molecule has 1 aliphatic rings. The summed E-state index contributed by atoms with van der Waals surface area (Å²) in [7, 11) is 2.14. The van der Waals surface area contributed by atoms with Gasteiger partial charge in [0.2, 0.25) is 0 Å². The van der Waals surface area contributed by atoms with Crippen molar-refractivity contribution in [3.05, 3.63) is 28.2 Å². The van der Waals surface area contributed by atoms with Crippen LogP contribution in [0.2, 0.25) is 0 Å². The van der Waals surface area contributed by atoms with Gasteiger partial charge in [0.05, 0.1) is 6.10 Å². The predicted molar refractivity (Wildman–Crippen MR) is 83.8 cm³/mol. The number of hydrogen-bond donors (Lipinski definition) is 1. The number of benzene rings is 1. The molecule has 0 amide bonds. The van der Waals surface area contributed by atoms with Crippen molar-refractivity contribution in [3.63, 3.8) is 0 Å². The Morgan fingerprint density at radius 1 is 1.42 bits per heavy atom. The Kier molecular flexibility index (Phi) is 5.67. The fourth-order valence-electron chi connectivity index (χ4n) is 2.64. The van der Waals surface area contributed by atoms with E-state index in [1.165, 1.54) is 30.5 Å². The first-order valence-corrected chi connectivity index (χ1v) is 7.81. The van der Waals surface area contributed by atoms with Gasteiger partial charge in [-0.1, -0.05) is 15.9 Å². The Hall–Kier alpha value is -0.580. The van der Waals surface area contributed by atoms with Gasteiger partial charge < -0.3 is 15.4 Å². The first-order chi connectivity index (χ1) is 9.20. The van der Waals surface area contributed by atoms with Crippen molar-refractivity contribution in [3.8, 4) is 0 Å². The van der Waals surface area contributed by atoms with Crippen LogP contribution in [0.1, 0.15) is 24.8 Å².